The van der Waals surface area contributed by atoms with Gasteiger partial charge in [-0.2, -0.15) is 22.0 Å². The van der Waals surface area contributed by atoms with Gasteiger partial charge in [-0.05, 0) is 13.8 Å². The number of thioether (sulfide) groups is 1. The third kappa shape index (κ3) is 15.7. The number of hydrogen-bond acceptors (Lipinski definition) is 8. The quantitative estimate of drug-likeness (QED) is 0.0747. The number of carboxylic acids is 2. The van der Waals surface area contributed by atoms with Crippen LogP contribution in [0.15, 0.2) is 27.5 Å². The first-order valence-corrected chi connectivity index (χ1v) is 10.4. The molecule has 8 N–H and O–H groups in total. The highest BCUT2D eigenvalue weighted by Crippen LogP contribution is 2.21. The van der Waals surface area contributed by atoms with Crippen molar-refractivity contribution in [3.05, 3.63) is 23.2 Å². The Morgan fingerprint density at radius 1 is 1.37 bits per heavy atom. The van der Waals surface area contributed by atoms with Crippen molar-refractivity contribution < 1.29 is 19.8 Å². The molecule has 0 amide bonds. The van der Waals surface area contributed by atoms with Crippen molar-refractivity contribution in [2.45, 2.75) is 25.6 Å². The van der Waals surface area contributed by atoms with E-state index in [1.54, 1.807) is 11.8 Å². The van der Waals surface area contributed by atoms with Gasteiger partial charge in [0.25, 0.3) is 0 Å². The maximum atomic E-state index is 9.55. The zero-order valence-electron chi connectivity index (χ0n) is 16.4. The van der Waals surface area contributed by atoms with Crippen LogP contribution in [-0.2, 0) is 15.3 Å². The van der Waals surface area contributed by atoms with E-state index < -0.39 is 11.9 Å². The monoisotopic (exact) mass is 456 g/mol. The minimum absolute atomic E-state index is 0.0121. The number of rotatable bonds is 9. The van der Waals surface area contributed by atoms with Crippen molar-refractivity contribution in [3.8, 4) is 6.19 Å². The highest BCUT2D eigenvalue weighted by Gasteiger charge is 2.02. The lowest BCUT2D eigenvalue weighted by atomic mass is 10.4. The Labute approximate surface area is 181 Å². The summed E-state index contributed by atoms with van der Waals surface area (Å²) in [4.78, 5) is 31.6. The van der Waals surface area contributed by atoms with Crippen LogP contribution in [0.1, 0.15) is 19.5 Å². The van der Waals surface area contributed by atoms with Gasteiger partial charge in [-0.3, -0.25) is 10.3 Å². The number of aromatic nitrogens is 1. The number of nitriles is 1. The molecule has 0 atom stereocenters. The normalized spacial score (nSPS) is 10.7. The average molecular weight is 457 g/mol. The van der Waals surface area contributed by atoms with Gasteiger partial charge < -0.3 is 27.0 Å². The highest BCUT2D eigenvalue weighted by molar-refractivity contribution is 7.98. The van der Waals surface area contributed by atoms with Crippen molar-refractivity contribution in [2.24, 2.45) is 21.5 Å². The Morgan fingerprint density at radius 2 is 2.00 bits per heavy atom. The second kappa shape index (κ2) is 15.6. The smallest absolute Gasteiger partial charge is 0.328 e. The summed E-state index contributed by atoms with van der Waals surface area (Å²) in [6, 6.07) is 0.219. The number of aliphatic carboxylic acids is 2. The first kappa shape index (κ1) is 26.7. The lowest BCUT2D eigenvalue weighted by Gasteiger charge is -2.10. The zero-order valence-corrected chi connectivity index (χ0v) is 18.0. The number of nitrogens with zero attached hydrogens (tertiary/aromatic N) is 4. The molecule has 0 aliphatic rings. The highest BCUT2D eigenvalue weighted by atomic mass is 32.2. The number of carboxylic acid groups (broad SMARTS) is 2. The number of hydrogen-bond donors (Lipinski definition) is 6. The van der Waals surface area contributed by atoms with E-state index in [2.05, 4.69) is 25.6 Å². The third-order valence-corrected chi connectivity index (χ3v) is 4.24. The van der Waals surface area contributed by atoms with Crippen LogP contribution in [0.5, 0.6) is 0 Å². The number of nitrogens with two attached hydrogens (primary N) is 2. The number of nitrogens with one attached hydrogen (secondary N) is 2. The second-order valence-corrected chi connectivity index (χ2v) is 7.43. The van der Waals surface area contributed by atoms with E-state index in [4.69, 9.17) is 26.9 Å². The Hall–Kier alpha value is -3.31. The molecule has 1 aromatic heterocycles. The summed E-state index contributed by atoms with van der Waals surface area (Å²) < 4.78 is 0. The van der Waals surface area contributed by atoms with Gasteiger partial charge in [0, 0.05) is 35.1 Å². The number of thiazole rings is 1. The van der Waals surface area contributed by atoms with E-state index in [-0.39, 0.29) is 12.0 Å². The second-order valence-electron chi connectivity index (χ2n) is 5.49. The van der Waals surface area contributed by atoms with Crippen LogP contribution in [0.2, 0.25) is 0 Å². The van der Waals surface area contributed by atoms with E-state index in [0.717, 1.165) is 17.2 Å². The fourth-order valence-corrected chi connectivity index (χ4v) is 3.05. The van der Waals surface area contributed by atoms with Crippen molar-refractivity contribution in [1.82, 2.24) is 15.6 Å². The fraction of sp³-hybridized carbons (Fsp3) is 0.375. The van der Waals surface area contributed by atoms with Gasteiger partial charge in [0.2, 0.25) is 11.1 Å². The molecule has 0 aromatic carbocycles. The van der Waals surface area contributed by atoms with Gasteiger partial charge in [-0.15, -0.1) is 11.3 Å². The van der Waals surface area contributed by atoms with E-state index in [9.17, 15) is 9.59 Å². The maximum absolute atomic E-state index is 9.55. The Morgan fingerprint density at radius 3 is 2.50 bits per heavy atom. The van der Waals surface area contributed by atoms with Gasteiger partial charge in [0.05, 0.1) is 12.2 Å². The van der Waals surface area contributed by atoms with E-state index in [1.165, 1.54) is 11.3 Å². The van der Waals surface area contributed by atoms with Gasteiger partial charge in [0.1, 0.15) is 0 Å². The molecule has 0 fully saturated rings. The standard InChI is InChI=1S/C12H20N8S2.C4H4O4/c1-8(2)18-11(17-7-13)16-3-4-21-5-9-6-22-12(19-9)20-10(14)15;5-3(6)1-2-4(7)8/h6,8H,3-5H2,1-2H3,(H2,16,17,18)(H4,14,15,19,20);1-2H,(H,5,6)(H,7,8)/b;2-1-. The van der Waals surface area contributed by atoms with Crippen LogP contribution in [0.3, 0.4) is 0 Å². The van der Waals surface area contributed by atoms with Crippen molar-refractivity contribution in [1.29, 1.82) is 5.26 Å². The molecule has 0 aliphatic carbocycles. The molecule has 14 heteroatoms. The molecule has 0 aliphatic heterocycles. The van der Waals surface area contributed by atoms with Crippen LogP contribution in [0.25, 0.3) is 0 Å². The molecule has 1 heterocycles. The van der Waals surface area contributed by atoms with E-state index >= 15 is 0 Å². The predicted molar refractivity (Wildman–Crippen MR) is 117 cm³/mol. The first-order valence-electron chi connectivity index (χ1n) is 8.35. The first-order chi connectivity index (χ1) is 14.1. The molecule has 164 valence electrons. The van der Waals surface area contributed by atoms with Crippen LogP contribution in [-0.4, -0.2) is 57.4 Å². The molecule has 0 saturated carbocycles. The van der Waals surface area contributed by atoms with Crippen LogP contribution in [0, 0.1) is 11.5 Å². The summed E-state index contributed by atoms with van der Waals surface area (Å²) in [6.45, 7) is 4.58. The van der Waals surface area contributed by atoms with Gasteiger partial charge >= 0.3 is 11.9 Å². The third-order valence-electron chi connectivity index (χ3n) is 2.49. The van der Waals surface area contributed by atoms with Crippen molar-refractivity contribution in [3.63, 3.8) is 0 Å². The molecular formula is C16H24N8O4S2. The Bertz CT molecular complexity index is 794. The van der Waals surface area contributed by atoms with Gasteiger partial charge in [-0.25, -0.2) is 14.6 Å². The average Bonchev–Trinajstić information content (AvgIpc) is 3.06. The predicted octanol–water partition coefficient (Wildman–Crippen LogP) is 0.418. The Balaban J connectivity index is 0.000000890. The molecule has 0 radical (unpaired) electrons. The molecule has 0 bridgehead atoms. The summed E-state index contributed by atoms with van der Waals surface area (Å²) in [5.74, 6) is -0.407. The minimum Gasteiger partial charge on any atom is -0.478 e. The summed E-state index contributed by atoms with van der Waals surface area (Å²) >= 11 is 3.11. The topological polar surface area (TPSA) is 212 Å². The number of carbonyl (C=O) groups is 2. The van der Waals surface area contributed by atoms with E-state index in [1.807, 2.05) is 25.4 Å². The molecular weight excluding hydrogens is 432 g/mol. The molecule has 12 nitrogen and oxygen atoms in total. The Kier molecular flexibility index (Phi) is 13.9. The van der Waals surface area contributed by atoms with Gasteiger partial charge in [0.15, 0.2) is 12.2 Å². The largest absolute Gasteiger partial charge is 0.478 e. The van der Waals surface area contributed by atoms with Crippen LogP contribution in [0.4, 0.5) is 5.13 Å². The van der Waals surface area contributed by atoms with E-state index in [0.29, 0.717) is 29.8 Å². The molecule has 0 unspecified atom stereocenters. The summed E-state index contributed by atoms with van der Waals surface area (Å²) in [7, 11) is 0. The number of guanidine groups is 2. The maximum Gasteiger partial charge on any atom is 0.328 e. The molecule has 1 aromatic rings. The number of aliphatic imine (C=N–C) groups is 2. The molecule has 30 heavy (non-hydrogen) atoms. The lowest BCUT2D eigenvalue weighted by molar-refractivity contribution is -0.134. The molecule has 0 saturated heterocycles. The molecule has 0 spiro atoms. The summed E-state index contributed by atoms with van der Waals surface area (Å²) in [5.41, 5.74) is 11.5. The summed E-state index contributed by atoms with van der Waals surface area (Å²) in [5, 5.41) is 32.4. The van der Waals surface area contributed by atoms with Crippen molar-refractivity contribution >= 4 is 52.1 Å². The SMILES string of the molecule is CC(C)NC(=NCCSCc1csc(N=C(N)N)n1)NC#N.O=C(O)/C=C\C(=O)O. The zero-order chi connectivity index (χ0) is 22.9. The van der Waals surface area contributed by atoms with Crippen LogP contribution >= 0.6 is 23.1 Å². The van der Waals surface area contributed by atoms with Crippen molar-refractivity contribution in [2.75, 3.05) is 12.3 Å². The lowest BCUT2D eigenvalue weighted by Crippen LogP contribution is -2.39. The van der Waals surface area contributed by atoms with Crippen LogP contribution < -0.4 is 22.1 Å². The minimum atomic E-state index is -1.26. The van der Waals surface area contributed by atoms with Gasteiger partial charge in [-0.1, -0.05) is 0 Å². The fourth-order valence-electron chi connectivity index (χ4n) is 1.51. The molecule has 1 rings (SSSR count). The summed E-state index contributed by atoms with van der Waals surface area (Å²) in [6.07, 6.45) is 2.98.